The van der Waals surface area contributed by atoms with E-state index in [-0.39, 0.29) is 29.2 Å². The minimum absolute atomic E-state index is 0.0293. The number of halogens is 1. The quantitative estimate of drug-likeness (QED) is 0.700. The van der Waals surface area contributed by atoms with Crippen LogP contribution in [-0.4, -0.2) is 64.3 Å². The number of rotatable bonds is 7. The molecule has 1 aliphatic heterocycles. The van der Waals surface area contributed by atoms with Gasteiger partial charge < -0.3 is 4.90 Å². The molecule has 0 spiro atoms. The predicted octanol–water partition coefficient (Wildman–Crippen LogP) is 2.13. The van der Waals surface area contributed by atoms with Crippen LogP contribution in [0.3, 0.4) is 0 Å². The van der Waals surface area contributed by atoms with Crippen LogP contribution in [0.5, 0.6) is 0 Å². The first-order valence-corrected chi connectivity index (χ1v) is 11.5. The van der Waals surface area contributed by atoms with Crippen LogP contribution in [0, 0.1) is 5.82 Å². The molecule has 1 fully saturated rings. The molecular weight excluding hydrogens is 391 g/mol. The topological polar surface area (TPSA) is 96.0 Å². The number of H-pyrrole nitrogens is 1. The number of carbonyl (C=O) groups is 1. The number of sulfone groups is 1. The van der Waals surface area contributed by atoms with Crippen molar-refractivity contribution in [3.63, 3.8) is 0 Å². The Balaban J connectivity index is 1.63. The molecule has 1 atom stereocenters. The fourth-order valence-electron chi connectivity index (χ4n) is 3.07. The lowest BCUT2D eigenvalue weighted by molar-refractivity contribution is -0.130. The summed E-state index contributed by atoms with van der Waals surface area (Å²) in [6, 6.07) is 5.97. The lowest BCUT2D eigenvalue weighted by Gasteiger charge is -2.27. The van der Waals surface area contributed by atoms with Crippen molar-refractivity contribution in [1.82, 2.24) is 20.1 Å². The Hall–Kier alpha value is -1.94. The molecule has 1 aliphatic rings. The number of hydrogen-bond acceptors (Lipinski definition) is 6. The molecule has 0 radical (unpaired) electrons. The van der Waals surface area contributed by atoms with Crippen LogP contribution in [0.4, 0.5) is 4.39 Å². The zero-order chi connectivity index (χ0) is 19.4. The van der Waals surface area contributed by atoms with Gasteiger partial charge in [-0.2, -0.15) is 0 Å². The highest BCUT2D eigenvalue weighted by atomic mass is 32.2. The maximum atomic E-state index is 13.8. The Bertz CT molecular complexity index is 916. The van der Waals surface area contributed by atoms with Gasteiger partial charge in [0.25, 0.3) is 0 Å². The molecule has 10 heteroatoms. The number of aromatic amines is 1. The van der Waals surface area contributed by atoms with Crippen molar-refractivity contribution in [2.75, 3.05) is 23.8 Å². The van der Waals surface area contributed by atoms with Gasteiger partial charge in [-0.25, -0.2) is 17.8 Å². The standard InChI is InChI=1S/C17H21FN4O3S2/c1-2-8-22(12-7-9-27(24,25)11-12)15(23)10-26-17-19-16(20-21-17)13-5-3-4-6-14(13)18/h3-6,12H,2,7-11H2,1H3,(H,19,20,21)/t12-/m1/s1. The van der Waals surface area contributed by atoms with E-state index in [1.54, 1.807) is 23.1 Å². The van der Waals surface area contributed by atoms with Gasteiger partial charge in [0.2, 0.25) is 11.1 Å². The molecule has 2 aromatic rings. The van der Waals surface area contributed by atoms with Gasteiger partial charge in [0.05, 0.1) is 22.8 Å². The fraction of sp³-hybridized carbons (Fsp3) is 0.471. The molecule has 0 aliphatic carbocycles. The zero-order valence-corrected chi connectivity index (χ0v) is 16.5. The molecule has 146 valence electrons. The van der Waals surface area contributed by atoms with E-state index in [0.29, 0.717) is 29.5 Å². The van der Waals surface area contributed by atoms with Crippen LogP contribution in [0.25, 0.3) is 11.4 Å². The molecule has 0 saturated carbocycles. The van der Waals surface area contributed by atoms with Gasteiger partial charge in [0, 0.05) is 12.6 Å². The number of hydrogen-bond donors (Lipinski definition) is 1. The van der Waals surface area contributed by atoms with Gasteiger partial charge in [-0.1, -0.05) is 30.8 Å². The van der Waals surface area contributed by atoms with Crippen LogP contribution in [0.15, 0.2) is 29.4 Å². The molecule has 2 heterocycles. The van der Waals surface area contributed by atoms with Crippen LogP contribution in [-0.2, 0) is 14.6 Å². The maximum Gasteiger partial charge on any atom is 0.233 e. The van der Waals surface area contributed by atoms with E-state index in [0.717, 1.165) is 18.2 Å². The van der Waals surface area contributed by atoms with Crippen LogP contribution < -0.4 is 0 Å². The third-order valence-corrected chi connectivity index (χ3v) is 6.94. The maximum absolute atomic E-state index is 13.8. The van der Waals surface area contributed by atoms with Gasteiger partial charge in [0.1, 0.15) is 5.82 Å². The Kier molecular flexibility index (Phi) is 6.15. The minimum atomic E-state index is -3.06. The summed E-state index contributed by atoms with van der Waals surface area (Å²) < 4.78 is 37.3. The Morgan fingerprint density at radius 2 is 2.19 bits per heavy atom. The lowest BCUT2D eigenvalue weighted by atomic mass is 10.2. The van der Waals surface area contributed by atoms with Crippen molar-refractivity contribution in [3.05, 3.63) is 30.1 Å². The first-order valence-electron chi connectivity index (χ1n) is 8.69. The van der Waals surface area contributed by atoms with E-state index in [2.05, 4.69) is 15.2 Å². The number of nitrogens with one attached hydrogen (secondary N) is 1. The van der Waals surface area contributed by atoms with Crippen molar-refractivity contribution in [1.29, 1.82) is 0 Å². The summed E-state index contributed by atoms with van der Waals surface area (Å²) >= 11 is 1.15. The van der Waals surface area contributed by atoms with Gasteiger partial charge in [-0.15, -0.1) is 5.10 Å². The summed E-state index contributed by atoms with van der Waals surface area (Å²) in [4.78, 5) is 18.5. The Labute approximate surface area is 161 Å². The van der Waals surface area contributed by atoms with Gasteiger partial charge >= 0.3 is 0 Å². The Morgan fingerprint density at radius 1 is 1.41 bits per heavy atom. The summed E-state index contributed by atoms with van der Waals surface area (Å²) in [7, 11) is -3.06. The molecule has 7 nitrogen and oxygen atoms in total. The third kappa shape index (κ3) is 4.86. The summed E-state index contributed by atoms with van der Waals surface area (Å²) in [6.07, 6.45) is 1.24. The van der Waals surface area contributed by atoms with Gasteiger partial charge in [-0.05, 0) is 25.0 Å². The summed E-state index contributed by atoms with van der Waals surface area (Å²) in [5.41, 5.74) is 0.312. The highest BCUT2D eigenvalue weighted by molar-refractivity contribution is 7.99. The molecular formula is C17H21FN4O3S2. The first kappa shape index (κ1) is 19.8. The molecule has 1 amide bonds. The summed E-state index contributed by atoms with van der Waals surface area (Å²) in [5, 5.41) is 7.05. The van der Waals surface area contributed by atoms with E-state index in [1.165, 1.54) is 6.07 Å². The molecule has 0 bridgehead atoms. The van der Waals surface area contributed by atoms with E-state index in [9.17, 15) is 17.6 Å². The van der Waals surface area contributed by atoms with Crippen molar-refractivity contribution in [2.45, 2.75) is 31.0 Å². The molecule has 3 rings (SSSR count). The largest absolute Gasteiger partial charge is 0.338 e. The molecule has 1 N–H and O–H groups in total. The highest BCUT2D eigenvalue weighted by Crippen LogP contribution is 2.23. The van der Waals surface area contributed by atoms with E-state index < -0.39 is 15.7 Å². The smallest absolute Gasteiger partial charge is 0.233 e. The first-order chi connectivity index (χ1) is 12.9. The predicted molar refractivity (Wildman–Crippen MR) is 102 cm³/mol. The highest BCUT2D eigenvalue weighted by Gasteiger charge is 2.34. The van der Waals surface area contributed by atoms with Gasteiger partial charge in [-0.3, -0.25) is 9.89 Å². The van der Waals surface area contributed by atoms with Crippen molar-refractivity contribution < 1.29 is 17.6 Å². The second-order valence-electron chi connectivity index (χ2n) is 6.38. The van der Waals surface area contributed by atoms with Crippen LogP contribution in [0.1, 0.15) is 19.8 Å². The lowest BCUT2D eigenvalue weighted by Crippen LogP contribution is -2.42. The second kappa shape index (κ2) is 8.39. The normalized spacial score (nSPS) is 18.5. The third-order valence-electron chi connectivity index (χ3n) is 4.35. The van der Waals surface area contributed by atoms with Crippen molar-refractivity contribution >= 4 is 27.5 Å². The summed E-state index contributed by atoms with van der Waals surface area (Å²) in [5.74, 6) is 0.0204. The van der Waals surface area contributed by atoms with E-state index in [1.807, 2.05) is 6.92 Å². The monoisotopic (exact) mass is 412 g/mol. The Morgan fingerprint density at radius 3 is 2.85 bits per heavy atom. The number of thioether (sulfide) groups is 1. The van der Waals surface area contributed by atoms with Crippen molar-refractivity contribution in [2.24, 2.45) is 0 Å². The van der Waals surface area contributed by atoms with Crippen LogP contribution in [0.2, 0.25) is 0 Å². The van der Waals surface area contributed by atoms with E-state index in [4.69, 9.17) is 0 Å². The van der Waals surface area contributed by atoms with Crippen LogP contribution >= 0.6 is 11.8 Å². The number of nitrogens with zero attached hydrogens (tertiary/aromatic N) is 3. The second-order valence-corrected chi connectivity index (χ2v) is 9.55. The molecule has 1 aromatic heterocycles. The minimum Gasteiger partial charge on any atom is -0.338 e. The van der Waals surface area contributed by atoms with Gasteiger partial charge in [0.15, 0.2) is 15.7 Å². The molecule has 1 aromatic carbocycles. The SMILES string of the molecule is CCCN(C(=O)CSc1n[nH]c(-c2ccccc2F)n1)[C@@H]1CCS(=O)(=O)C1. The zero-order valence-electron chi connectivity index (χ0n) is 14.9. The number of aromatic nitrogens is 3. The number of amides is 1. The average molecular weight is 413 g/mol. The molecule has 27 heavy (non-hydrogen) atoms. The average Bonchev–Trinajstić information content (AvgIpc) is 3.24. The molecule has 1 saturated heterocycles. The van der Waals surface area contributed by atoms with Crippen molar-refractivity contribution in [3.8, 4) is 11.4 Å². The number of benzene rings is 1. The molecule has 0 unspecified atom stereocenters. The fourth-order valence-corrected chi connectivity index (χ4v) is 5.48. The van der Waals surface area contributed by atoms with E-state index >= 15 is 0 Å². The summed E-state index contributed by atoms with van der Waals surface area (Å²) in [6.45, 7) is 2.47. The number of carbonyl (C=O) groups excluding carboxylic acids is 1.